The van der Waals surface area contributed by atoms with Gasteiger partial charge in [0.05, 0.1) is 12.5 Å². The molecule has 0 radical (unpaired) electrons. The minimum Gasteiger partial charge on any atom is -0.267 e. The first-order chi connectivity index (χ1) is 8.35. The molecule has 0 unspecified atom stereocenters. The summed E-state index contributed by atoms with van der Waals surface area (Å²) in [5.41, 5.74) is 1.58. The fraction of sp³-hybridized carbons (Fsp3) is 0.300. The number of anilines is 1. The van der Waals surface area contributed by atoms with Crippen LogP contribution in [0.5, 0.6) is 0 Å². The molecule has 2 rings (SSSR count). The zero-order valence-corrected chi connectivity index (χ0v) is 11.1. The maximum absolute atomic E-state index is 11.2. The lowest BCUT2D eigenvalue weighted by atomic mass is 10.4. The largest absolute Gasteiger partial charge is 0.267 e. The van der Waals surface area contributed by atoms with Crippen LogP contribution in [-0.2, 0) is 10.0 Å². The van der Waals surface area contributed by atoms with Crippen LogP contribution in [0, 0.1) is 13.8 Å². The monoisotopic (exact) mass is 267 g/mol. The number of nitrogens with zero attached hydrogens (tertiary/aromatic N) is 4. The van der Waals surface area contributed by atoms with Gasteiger partial charge in [0, 0.05) is 17.5 Å². The van der Waals surface area contributed by atoms with Crippen molar-refractivity contribution in [2.45, 2.75) is 13.8 Å². The van der Waals surface area contributed by atoms with E-state index >= 15 is 0 Å². The molecule has 0 spiro atoms. The normalized spacial score (nSPS) is 11.5. The molecule has 2 aromatic heterocycles. The number of aromatic nitrogens is 4. The lowest BCUT2D eigenvalue weighted by Crippen LogP contribution is -2.15. The minimum atomic E-state index is -3.36. The molecular weight excluding hydrogens is 254 g/mol. The van der Waals surface area contributed by atoms with E-state index in [1.807, 2.05) is 19.9 Å². The van der Waals surface area contributed by atoms with E-state index in [1.165, 1.54) is 10.9 Å². The van der Waals surface area contributed by atoms with Gasteiger partial charge in [-0.3, -0.25) is 4.72 Å². The Morgan fingerprint density at radius 2 is 1.83 bits per heavy atom. The van der Waals surface area contributed by atoms with Crippen molar-refractivity contribution in [2.75, 3.05) is 11.0 Å². The van der Waals surface area contributed by atoms with Gasteiger partial charge in [-0.2, -0.15) is 9.78 Å². The van der Waals surface area contributed by atoms with Gasteiger partial charge in [-0.1, -0.05) is 0 Å². The van der Waals surface area contributed by atoms with Crippen LogP contribution in [0.4, 0.5) is 5.82 Å². The summed E-state index contributed by atoms with van der Waals surface area (Å²) in [5, 5.41) is 4.02. The van der Waals surface area contributed by atoms with E-state index in [1.54, 1.807) is 6.07 Å². The van der Waals surface area contributed by atoms with Gasteiger partial charge < -0.3 is 0 Å². The molecule has 0 aliphatic heterocycles. The second-order valence-electron chi connectivity index (χ2n) is 3.95. The Balaban J connectivity index is 2.48. The van der Waals surface area contributed by atoms with Crippen LogP contribution >= 0.6 is 0 Å². The van der Waals surface area contributed by atoms with Crippen LogP contribution in [0.25, 0.3) is 5.95 Å². The zero-order chi connectivity index (χ0) is 13.3. The summed E-state index contributed by atoms with van der Waals surface area (Å²) in [5.74, 6) is 0.645. The number of rotatable bonds is 3. The van der Waals surface area contributed by atoms with Crippen molar-refractivity contribution >= 4 is 15.8 Å². The van der Waals surface area contributed by atoms with Gasteiger partial charge in [0.1, 0.15) is 5.82 Å². The van der Waals surface area contributed by atoms with Crippen molar-refractivity contribution < 1.29 is 8.42 Å². The van der Waals surface area contributed by atoms with Gasteiger partial charge >= 0.3 is 0 Å². The molecule has 96 valence electrons. The Labute approximate surface area is 105 Å². The Morgan fingerprint density at radius 3 is 2.39 bits per heavy atom. The standard InChI is InChI=1S/C10H13N5O2S/c1-7-6-8(2)13-10(12-7)15-9(4-5-11-15)14-18(3,16)17/h4-6,14H,1-3H3. The quantitative estimate of drug-likeness (QED) is 0.881. The Kier molecular flexibility index (Phi) is 3.04. The summed E-state index contributed by atoms with van der Waals surface area (Å²) >= 11 is 0. The third-order valence-electron chi connectivity index (χ3n) is 2.09. The molecule has 0 aliphatic carbocycles. The highest BCUT2D eigenvalue weighted by Gasteiger charge is 2.11. The highest BCUT2D eigenvalue weighted by Crippen LogP contribution is 2.13. The van der Waals surface area contributed by atoms with E-state index in [2.05, 4.69) is 19.8 Å². The molecular formula is C10H13N5O2S. The van der Waals surface area contributed by atoms with Crippen LogP contribution in [0.3, 0.4) is 0 Å². The minimum absolute atomic E-state index is 0.308. The molecule has 2 heterocycles. The van der Waals surface area contributed by atoms with Crippen LogP contribution in [0.15, 0.2) is 18.3 Å². The van der Waals surface area contributed by atoms with Gasteiger partial charge in [0.25, 0.3) is 5.95 Å². The van der Waals surface area contributed by atoms with E-state index in [9.17, 15) is 8.42 Å². The average molecular weight is 267 g/mol. The molecule has 0 saturated carbocycles. The predicted molar refractivity (Wildman–Crippen MR) is 67.1 cm³/mol. The van der Waals surface area contributed by atoms with Crippen molar-refractivity contribution in [3.8, 4) is 5.95 Å². The van der Waals surface area contributed by atoms with Crippen molar-refractivity contribution in [3.63, 3.8) is 0 Å². The fourth-order valence-corrected chi connectivity index (χ4v) is 2.07. The lowest BCUT2D eigenvalue weighted by Gasteiger charge is -2.07. The SMILES string of the molecule is Cc1cc(C)nc(-n2nccc2NS(C)(=O)=O)n1. The van der Waals surface area contributed by atoms with Crippen molar-refractivity contribution in [1.82, 2.24) is 19.7 Å². The second kappa shape index (κ2) is 4.37. The third-order valence-corrected chi connectivity index (χ3v) is 2.67. The summed E-state index contributed by atoms with van der Waals surface area (Å²) in [6.07, 6.45) is 2.56. The highest BCUT2D eigenvalue weighted by atomic mass is 32.2. The van der Waals surface area contributed by atoms with Crippen molar-refractivity contribution in [1.29, 1.82) is 0 Å². The second-order valence-corrected chi connectivity index (χ2v) is 5.70. The first-order valence-electron chi connectivity index (χ1n) is 5.19. The summed E-state index contributed by atoms with van der Waals surface area (Å²) in [7, 11) is -3.36. The highest BCUT2D eigenvalue weighted by molar-refractivity contribution is 7.92. The fourth-order valence-electron chi connectivity index (χ4n) is 1.53. The molecule has 0 aliphatic rings. The Morgan fingerprint density at radius 1 is 1.22 bits per heavy atom. The number of hydrogen-bond donors (Lipinski definition) is 1. The molecule has 18 heavy (non-hydrogen) atoms. The molecule has 0 saturated heterocycles. The maximum atomic E-state index is 11.2. The van der Waals surface area contributed by atoms with E-state index in [-0.39, 0.29) is 0 Å². The van der Waals surface area contributed by atoms with Crippen LogP contribution in [0.2, 0.25) is 0 Å². The lowest BCUT2D eigenvalue weighted by molar-refractivity contribution is 0.606. The Bertz CT molecular complexity index is 657. The van der Waals surface area contributed by atoms with Crippen molar-refractivity contribution in [2.24, 2.45) is 0 Å². The molecule has 7 nitrogen and oxygen atoms in total. The third kappa shape index (κ3) is 2.83. The van der Waals surface area contributed by atoms with E-state index in [0.29, 0.717) is 11.8 Å². The Hall–Kier alpha value is -1.96. The number of nitrogens with one attached hydrogen (secondary N) is 1. The van der Waals surface area contributed by atoms with Gasteiger partial charge in [-0.15, -0.1) is 0 Å². The molecule has 0 atom stereocenters. The maximum Gasteiger partial charge on any atom is 0.252 e. The topological polar surface area (TPSA) is 89.8 Å². The van der Waals surface area contributed by atoms with Gasteiger partial charge in [0.15, 0.2) is 0 Å². The van der Waals surface area contributed by atoms with Crippen LogP contribution in [-0.4, -0.2) is 34.4 Å². The molecule has 0 aromatic carbocycles. The number of sulfonamides is 1. The van der Waals surface area contributed by atoms with E-state index in [4.69, 9.17) is 0 Å². The summed E-state index contributed by atoms with van der Waals surface area (Å²) in [4.78, 5) is 8.44. The molecule has 0 amide bonds. The predicted octanol–water partition coefficient (Wildman–Crippen LogP) is 0.651. The van der Waals surface area contributed by atoms with Crippen molar-refractivity contribution in [3.05, 3.63) is 29.7 Å². The molecule has 8 heteroatoms. The first kappa shape index (κ1) is 12.5. The molecule has 0 bridgehead atoms. The zero-order valence-electron chi connectivity index (χ0n) is 10.2. The van der Waals surface area contributed by atoms with Gasteiger partial charge in [-0.05, 0) is 19.9 Å². The van der Waals surface area contributed by atoms with Gasteiger partial charge in [0.2, 0.25) is 10.0 Å². The smallest absolute Gasteiger partial charge is 0.252 e. The molecule has 0 fully saturated rings. The van der Waals surface area contributed by atoms with E-state index < -0.39 is 10.0 Å². The van der Waals surface area contributed by atoms with Crippen LogP contribution < -0.4 is 4.72 Å². The summed E-state index contributed by atoms with van der Waals surface area (Å²) < 4.78 is 26.2. The van der Waals surface area contributed by atoms with Crippen LogP contribution in [0.1, 0.15) is 11.4 Å². The number of aryl methyl sites for hydroxylation is 2. The average Bonchev–Trinajstić information content (AvgIpc) is 2.61. The summed E-state index contributed by atoms with van der Waals surface area (Å²) in [6, 6.07) is 3.37. The molecule has 1 N–H and O–H groups in total. The summed E-state index contributed by atoms with van der Waals surface area (Å²) in [6.45, 7) is 3.68. The first-order valence-corrected chi connectivity index (χ1v) is 7.09. The van der Waals surface area contributed by atoms with Gasteiger partial charge in [-0.25, -0.2) is 18.4 Å². The van der Waals surface area contributed by atoms with E-state index in [0.717, 1.165) is 17.6 Å². The molecule has 2 aromatic rings. The number of hydrogen-bond acceptors (Lipinski definition) is 5.